The molecule has 0 aromatic carbocycles. The van der Waals surface area contributed by atoms with Crippen molar-refractivity contribution >= 4 is 5.96 Å². The van der Waals surface area contributed by atoms with Crippen molar-refractivity contribution in [1.29, 1.82) is 0 Å². The minimum Gasteiger partial charge on any atom is -0.339 e. The molecule has 0 radical (unpaired) electrons. The number of nitrogens with zero attached hydrogens (tertiary/aromatic N) is 2. The Hall–Kier alpha value is -0.770. The van der Waals surface area contributed by atoms with E-state index in [1.807, 2.05) is 0 Å². The van der Waals surface area contributed by atoms with E-state index in [4.69, 9.17) is 10.8 Å². The monoisotopic (exact) mass is 264 g/mol. The number of likely N-dealkylation sites (tertiary alicyclic amines) is 1. The predicted octanol–water partition coefficient (Wildman–Crippen LogP) is 2.40. The van der Waals surface area contributed by atoms with E-state index >= 15 is 0 Å². The molecule has 3 fully saturated rings. The van der Waals surface area contributed by atoms with Crippen LogP contribution in [0.4, 0.5) is 0 Å². The summed E-state index contributed by atoms with van der Waals surface area (Å²) < 4.78 is 0. The van der Waals surface area contributed by atoms with Gasteiger partial charge in [-0.1, -0.05) is 25.7 Å². The first-order valence-electron chi connectivity index (χ1n) is 8.19. The lowest BCUT2D eigenvalue weighted by atomic mass is 9.92. The normalized spacial score (nSPS) is 33.3. The van der Waals surface area contributed by atoms with Crippen molar-refractivity contribution in [3.05, 3.63) is 0 Å². The number of aliphatic imine (C=N–C) groups is 1. The summed E-state index contributed by atoms with van der Waals surface area (Å²) in [6.45, 7) is 1.14. The number of rotatable bonds is 1. The molecule has 3 aliphatic rings. The molecule has 1 saturated heterocycles. The van der Waals surface area contributed by atoms with E-state index in [2.05, 4.69) is 10.3 Å². The number of hydrazine groups is 1. The quantitative estimate of drug-likeness (QED) is 0.331. The first-order chi connectivity index (χ1) is 9.38. The van der Waals surface area contributed by atoms with Gasteiger partial charge in [-0.15, -0.1) is 0 Å². The molecule has 0 bridgehead atoms. The van der Waals surface area contributed by atoms with Gasteiger partial charge in [0.05, 0.1) is 6.04 Å². The van der Waals surface area contributed by atoms with Crippen LogP contribution in [0.25, 0.3) is 0 Å². The Kier molecular flexibility index (Phi) is 4.26. The van der Waals surface area contributed by atoms with Crippen molar-refractivity contribution in [2.24, 2.45) is 16.8 Å². The molecule has 3 rings (SSSR count). The highest BCUT2D eigenvalue weighted by Crippen LogP contribution is 2.36. The van der Waals surface area contributed by atoms with Crippen LogP contribution in [0.3, 0.4) is 0 Å². The summed E-state index contributed by atoms with van der Waals surface area (Å²) >= 11 is 0. The van der Waals surface area contributed by atoms with Gasteiger partial charge in [-0.2, -0.15) is 0 Å². The van der Waals surface area contributed by atoms with E-state index in [1.165, 1.54) is 64.2 Å². The fourth-order valence-electron chi connectivity index (χ4n) is 4.29. The van der Waals surface area contributed by atoms with E-state index in [-0.39, 0.29) is 0 Å². The van der Waals surface area contributed by atoms with E-state index in [0.717, 1.165) is 18.4 Å². The molecular weight excluding hydrogens is 236 g/mol. The highest BCUT2D eigenvalue weighted by atomic mass is 15.4. The highest BCUT2D eigenvalue weighted by molar-refractivity contribution is 5.80. The summed E-state index contributed by atoms with van der Waals surface area (Å²) in [7, 11) is 0. The van der Waals surface area contributed by atoms with Crippen LogP contribution in [0.2, 0.25) is 0 Å². The average molecular weight is 264 g/mol. The van der Waals surface area contributed by atoms with Gasteiger partial charge in [0, 0.05) is 12.6 Å². The summed E-state index contributed by atoms with van der Waals surface area (Å²) in [5.41, 5.74) is 2.91. The van der Waals surface area contributed by atoms with Gasteiger partial charge in [0.15, 0.2) is 0 Å². The minimum atomic E-state index is 0.501. The summed E-state index contributed by atoms with van der Waals surface area (Å²) in [5, 5.41) is 0. The lowest BCUT2D eigenvalue weighted by molar-refractivity contribution is 0.184. The van der Waals surface area contributed by atoms with Crippen LogP contribution < -0.4 is 11.3 Å². The second kappa shape index (κ2) is 6.12. The topological polar surface area (TPSA) is 53.6 Å². The molecule has 0 spiro atoms. The van der Waals surface area contributed by atoms with Crippen LogP contribution in [0.1, 0.15) is 64.2 Å². The van der Waals surface area contributed by atoms with Gasteiger partial charge >= 0.3 is 0 Å². The summed E-state index contributed by atoms with van der Waals surface area (Å²) in [4.78, 5) is 7.43. The van der Waals surface area contributed by atoms with E-state index < -0.39 is 0 Å². The maximum absolute atomic E-state index is 5.78. The molecule has 0 amide bonds. The SMILES string of the molecule is NNC(=NC1CCCCC1)N1CCCC2CCCC21. The molecule has 2 aliphatic carbocycles. The number of piperidine rings is 1. The molecule has 2 unspecified atom stereocenters. The molecule has 19 heavy (non-hydrogen) atoms. The first-order valence-corrected chi connectivity index (χ1v) is 8.19. The molecule has 4 heteroatoms. The largest absolute Gasteiger partial charge is 0.339 e. The van der Waals surface area contributed by atoms with Crippen molar-refractivity contribution in [2.45, 2.75) is 76.3 Å². The van der Waals surface area contributed by atoms with Crippen molar-refractivity contribution in [2.75, 3.05) is 6.54 Å². The van der Waals surface area contributed by atoms with E-state index in [9.17, 15) is 0 Å². The molecule has 1 aliphatic heterocycles. The first kappa shape index (κ1) is 13.2. The van der Waals surface area contributed by atoms with Gasteiger partial charge in [0.1, 0.15) is 0 Å². The Morgan fingerprint density at radius 3 is 2.53 bits per heavy atom. The maximum atomic E-state index is 5.78. The molecule has 0 aromatic rings. The summed E-state index contributed by atoms with van der Waals surface area (Å²) in [6, 6.07) is 1.20. The number of guanidine groups is 1. The van der Waals surface area contributed by atoms with Gasteiger partial charge in [0.2, 0.25) is 5.96 Å². The van der Waals surface area contributed by atoms with Gasteiger partial charge < -0.3 is 4.90 Å². The molecule has 2 saturated carbocycles. The third-order valence-electron chi connectivity index (χ3n) is 5.27. The molecule has 108 valence electrons. The molecular formula is C15H28N4. The highest BCUT2D eigenvalue weighted by Gasteiger charge is 2.36. The predicted molar refractivity (Wildman–Crippen MR) is 78.7 cm³/mol. The maximum Gasteiger partial charge on any atom is 0.208 e. The van der Waals surface area contributed by atoms with Gasteiger partial charge in [-0.05, 0) is 44.4 Å². The Bertz CT molecular complexity index is 322. The van der Waals surface area contributed by atoms with Crippen molar-refractivity contribution in [3.8, 4) is 0 Å². The van der Waals surface area contributed by atoms with Crippen LogP contribution in [-0.4, -0.2) is 29.5 Å². The van der Waals surface area contributed by atoms with Crippen molar-refractivity contribution in [3.63, 3.8) is 0 Å². The summed E-state index contributed by atoms with van der Waals surface area (Å²) in [5.74, 6) is 7.64. The third kappa shape index (κ3) is 2.88. The van der Waals surface area contributed by atoms with Gasteiger partial charge in [0.25, 0.3) is 0 Å². The smallest absolute Gasteiger partial charge is 0.208 e. The number of fused-ring (bicyclic) bond motifs is 1. The number of hydrogen-bond acceptors (Lipinski definition) is 2. The molecule has 2 atom stereocenters. The molecule has 4 nitrogen and oxygen atoms in total. The Morgan fingerprint density at radius 1 is 0.947 bits per heavy atom. The lowest BCUT2D eigenvalue weighted by Gasteiger charge is -2.39. The van der Waals surface area contributed by atoms with Crippen LogP contribution >= 0.6 is 0 Å². The fourth-order valence-corrected chi connectivity index (χ4v) is 4.29. The number of hydrogen-bond donors (Lipinski definition) is 2. The Morgan fingerprint density at radius 2 is 1.74 bits per heavy atom. The lowest BCUT2D eigenvalue weighted by Crippen LogP contribution is -2.53. The van der Waals surface area contributed by atoms with Crippen LogP contribution in [0, 0.1) is 5.92 Å². The van der Waals surface area contributed by atoms with E-state index in [1.54, 1.807) is 0 Å². The van der Waals surface area contributed by atoms with Crippen LogP contribution in [0.15, 0.2) is 4.99 Å². The van der Waals surface area contributed by atoms with Crippen LogP contribution in [0.5, 0.6) is 0 Å². The second-order valence-electron chi connectivity index (χ2n) is 6.48. The molecule has 0 aromatic heterocycles. The van der Waals surface area contributed by atoms with Crippen LogP contribution in [-0.2, 0) is 0 Å². The number of nitrogens with two attached hydrogens (primary N) is 1. The zero-order valence-electron chi connectivity index (χ0n) is 12.0. The molecule has 1 heterocycles. The van der Waals surface area contributed by atoms with Crippen molar-refractivity contribution in [1.82, 2.24) is 10.3 Å². The summed E-state index contributed by atoms with van der Waals surface area (Å²) in [6.07, 6.45) is 13.3. The fraction of sp³-hybridized carbons (Fsp3) is 0.933. The average Bonchev–Trinajstić information content (AvgIpc) is 2.94. The van der Waals surface area contributed by atoms with Gasteiger partial charge in [-0.25, -0.2) is 10.8 Å². The van der Waals surface area contributed by atoms with E-state index in [0.29, 0.717) is 12.1 Å². The Labute approximate surface area is 116 Å². The second-order valence-corrected chi connectivity index (χ2v) is 6.48. The Balaban J connectivity index is 1.71. The zero-order valence-corrected chi connectivity index (χ0v) is 12.0. The number of nitrogens with one attached hydrogen (secondary N) is 1. The van der Waals surface area contributed by atoms with Crippen molar-refractivity contribution < 1.29 is 0 Å². The third-order valence-corrected chi connectivity index (χ3v) is 5.27. The standard InChI is InChI=1S/C15H28N4/c16-18-15(17-13-8-2-1-3-9-13)19-11-5-7-12-6-4-10-14(12)19/h12-14H,1-11,16H2,(H,17,18). The zero-order chi connectivity index (χ0) is 13.1. The minimum absolute atomic E-state index is 0.501. The van der Waals surface area contributed by atoms with Gasteiger partial charge in [-0.3, -0.25) is 5.43 Å². The molecule has 3 N–H and O–H groups in total.